The number of aryl methyl sites for hydroxylation is 2. The van der Waals surface area contributed by atoms with E-state index >= 15 is 0 Å². The van der Waals surface area contributed by atoms with Crippen molar-refractivity contribution in [1.29, 1.82) is 5.26 Å². The Morgan fingerprint density at radius 1 is 1.35 bits per heavy atom. The zero-order valence-electron chi connectivity index (χ0n) is 11.8. The van der Waals surface area contributed by atoms with Crippen molar-refractivity contribution in [2.24, 2.45) is 0 Å². The van der Waals surface area contributed by atoms with Crippen LogP contribution in [0, 0.1) is 25.2 Å². The fourth-order valence-electron chi connectivity index (χ4n) is 2.11. The molecule has 0 amide bonds. The van der Waals surface area contributed by atoms with E-state index in [1.807, 2.05) is 44.0 Å². The van der Waals surface area contributed by atoms with E-state index in [0.29, 0.717) is 12.1 Å². The van der Waals surface area contributed by atoms with Gasteiger partial charge in [-0.25, -0.2) is 0 Å². The van der Waals surface area contributed by atoms with Gasteiger partial charge >= 0.3 is 0 Å². The molecule has 0 N–H and O–H groups in total. The number of anilines is 1. The molecule has 102 valence electrons. The summed E-state index contributed by atoms with van der Waals surface area (Å²) < 4.78 is 0. The molecule has 1 heterocycles. The maximum atomic E-state index is 12.3. The standard InChI is InChI=1S/C16H16N2OS/c1-11-7-15(12(2)20-11)16(19)10-18(3)14-6-4-5-13(8-14)9-17/h4-8H,10H2,1-3H3. The van der Waals surface area contributed by atoms with Crippen LogP contribution in [0.3, 0.4) is 0 Å². The van der Waals surface area contributed by atoms with Crippen molar-refractivity contribution in [2.75, 3.05) is 18.5 Å². The SMILES string of the molecule is Cc1cc(C(=O)CN(C)c2cccc(C#N)c2)c(C)s1. The molecule has 0 saturated carbocycles. The average Bonchev–Trinajstić information content (AvgIpc) is 2.77. The molecule has 0 saturated heterocycles. The third-order valence-corrected chi connectivity index (χ3v) is 4.10. The second-order valence-electron chi connectivity index (χ2n) is 4.77. The molecule has 3 nitrogen and oxygen atoms in total. The van der Waals surface area contributed by atoms with Crippen molar-refractivity contribution in [3.63, 3.8) is 0 Å². The van der Waals surface area contributed by atoms with Crippen LogP contribution in [0.4, 0.5) is 5.69 Å². The Balaban J connectivity index is 2.15. The lowest BCUT2D eigenvalue weighted by Crippen LogP contribution is -2.25. The molecule has 2 aromatic rings. The lowest BCUT2D eigenvalue weighted by atomic mass is 10.1. The predicted octanol–water partition coefficient (Wildman–Crippen LogP) is 3.56. The molecule has 1 aromatic carbocycles. The van der Waals surface area contributed by atoms with Crippen LogP contribution >= 0.6 is 11.3 Å². The van der Waals surface area contributed by atoms with Gasteiger partial charge in [-0.3, -0.25) is 4.79 Å². The number of hydrogen-bond acceptors (Lipinski definition) is 4. The van der Waals surface area contributed by atoms with Crippen LogP contribution in [0.25, 0.3) is 0 Å². The molecular weight excluding hydrogens is 268 g/mol. The maximum Gasteiger partial charge on any atom is 0.183 e. The van der Waals surface area contributed by atoms with E-state index in [0.717, 1.165) is 21.0 Å². The Morgan fingerprint density at radius 3 is 2.70 bits per heavy atom. The number of nitrogens with zero attached hydrogens (tertiary/aromatic N) is 2. The predicted molar refractivity (Wildman–Crippen MR) is 82.6 cm³/mol. The van der Waals surface area contributed by atoms with Crippen molar-refractivity contribution in [3.05, 3.63) is 51.2 Å². The van der Waals surface area contributed by atoms with Gasteiger partial charge in [0.15, 0.2) is 5.78 Å². The lowest BCUT2D eigenvalue weighted by molar-refractivity contribution is 0.1000. The number of carbonyl (C=O) groups is 1. The van der Waals surface area contributed by atoms with E-state index in [1.165, 1.54) is 0 Å². The number of benzene rings is 1. The number of Topliss-reactive ketones (excluding diaryl/α,β-unsaturated/α-hetero) is 1. The molecule has 4 heteroatoms. The minimum Gasteiger partial charge on any atom is -0.367 e. The van der Waals surface area contributed by atoms with Crippen LogP contribution in [-0.4, -0.2) is 19.4 Å². The molecule has 2 rings (SSSR count). The van der Waals surface area contributed by atoms with Crippen molar-refractivity contribution < 1.29 is 4.79 Å². The number of ketones is 1. The summed E-state index contributed by atoms with van der Waals surface area (Å²) in [6, 6.07) is 11.3. The molecule has 0 bridgehead atoms. The molecule has 0 aliphatic heterocycles. The van der Waals surface area contributed by atoms with Gasteiger partial charge in [0.1, 0.15) is 0 Å². The first kappa shape index (κ1) is 14.3. The van der Waals surface area contributed by atoms with Crippen molar-refractivity contribution in [1.82, 2.24) is 0 Å². The minimum atomic E-state index is 0.108. The average molecular weight is 284 g/mol. The molecule has 0 fully saturated rings. The number of rotatable bonds is 4. The largest absolute Gasteiger partial charge is 0.367 e. The highest BCUT2D eigenvalue weighted by atomic mass is 32.1. The molecule has 0 spiro atoms. The summed E-state index contributed by atoms with van der Waals surface area (Å²) in [6.07, 6.45) is 0. The number of nitriles is 1. The van der Waals surface area contributed by atoms with Crippen LogP contribution in [0.1, 0.15) is 25.7 Å². The second-order valence-corrected chi connectivity index (χ2v) is 6.23. The van der Waals surface area contributed by atoms with Gasteiger partial charge in [-0.2, -0.15) is 5.26 Å². The third-order valence-electron chi connectivity index (χ3n) is 3.14. The fraction of sp³-hybridized carbons (Fsp3) is 0.250. The highest BCUT2D eigenvalue weighted by Gasteiger charge is 2.14. The Bertz CT molecular complexity index is 682. The van der Waals surface area contributed by atoms with Crippen LogP contribution in [0.5, 0.6) is 0 Å². The zero-order chi connectivity index (χ0) is 14.7. The van der Waals surface area contributed by atoms with E-state index in [-0.39, 0.29) is 5.78 Å². The minimum absolute atomic E-state index is 0.108. The first-order valence-electron chi connectivity index (χ1n) is 6.33. The molecule has 1 aromatic heterocycles. The van der Waals surface area contributed by atoms with E-state index in [1.54, 1.807) is 23.5 Å². The van der Waals surface area contributed by atoms with Gasteiger partial charge < -0.3 is 4.90 Å². The molecule has 20 heavy (non-hydrogen) atoms. The Morgan fingerprint density at radius 2 is 2.10 bits per heavy atom. The number of thiophene rings is 1. The second kappa shape index (κ2) is 5.89. The normalized spacial score (nSPS) is 10.1. The van der Waals surface area contributed by atoms with Gasteiger partial charge in [-0.1, -0.05) is 6.07 Å². The first-order chi connectivity index (χ1) is 9.51. The molecule has 0 atom stereocenters. The molecule has 0 unspecified atom stereocenters. The van der Waals surface area contributed by atoms with Crippen molar-refractivity contribution in [3.8, 4) is 6.07 Å². The summed E-state index contributed by atoms with van der Waals surface area (Å²) in [6.45, 7) is 4.29. The quantitative estimate of drug-likeness (QED) is 0.806. The maximum absolute atomic E-state index is 12.3. The van der Waals surface area contributed by atoms with Gasteiger partial charge in [-0.15, -0.1) is 11.3 Å². The number of likely N-dealkylation sites (N-methyl/N-ethyl adjacent to an activating group) is 1. The smallest absolute Gasteiger partial charge is 0.183 e. The van der Waals surface area contributed by atoms with Gasteiger partial charge in [0, 0.05) is 28.1 Å². The van der Waals surface area contributed by atoms with Gasteiger partial charge in [0.2, 0.25) is 0 Å². The number of carbonyl (C=O) groups excluding carboxylic acids is 1. The van der Waals surface area contributed by atoms with E-state index < -0.39 is 0 Å². The summed E-state index contributed by atoms with van der Waals surface area (Å²) >= 11 is 1.64. The molecule has 0 aliphatic carbocycles. The van der Waals surface area contributed by atoms with Crippen LogP contribution in [0.15, 0.2) is 30.3 Å². The van der Waals surface area contributed by atoms with Crippen molar-refractivity contribution in [2.45, 2.75) is 13.8 Å². The van der Waals surface area contributed by atoms with E-state index in [2.05, 4.69) is 6.07 Å². The number of hydrogen-bond donors (Lipinski definition) is 0. The molecule has 0 aliphatic rings. The van der Waals surface area contributed by atoms with E-state index in [4.69, 9.17) is 5.26 Å². The third kappa shape index (κ3) is 3.06. The zero-order valence-corrected chi connectivity index (χ0v) is 12.6. The van der Waals surface area contributed by atoms with Gasteiger partial charge in [0.25, 0.3) is 0 Å². The molecule has 0 radical (unpaired) electrons. The topological polar surface area (TPSA) is 44.1 Å². The Kier molecular flexibility index (Phi) is 4.21. The van der Waals surface area contributed by atoms with Gasteiger partial charge in [-0.05, 0) is 38.1 Å². The highest BCUT2D eigenvalue weighted by Crippen LogP contribution is 2.22. The fourth-order valence-corrected chi connectivity index (χ4v) is 3.05. The monoisotopic (exact) mass is 284 g/mol. The van der Waals surface area contributed by atoms with E-state index in [9.17, 15) is 4.79 Å². The lowest BCUT2D eigenvalue weighted by Gasteiger charge is -2.18. The van der Waals surface area contributed by atoms with Crippen LogP contribution < -0.4 is 4.90 Å². The van der Waals surface area contributed by atoms with Crippen LogP contribution in [0.2, 0.25) is 0 Å². The summed E-state index contributed by atoms with van der Waals surface area (Å²) in [7, 11) is 1.86. The summed E-state index contributed by atoms with van der Waals surface area (Å²) in [4.78, 5) is 16.4. The van der Waals surface area contributed by atoms with Crippen molar-refractivity contribution >= 4 is 22.8 Å². The Labute approximate surface area is 123 Å². The summed E-state index contributed by atoms with van der Waals surface area (Å²) in [5.41, 5.74) is 2.28. The summed E-state index contributed by atoms with van der Waals surface area (Å²) in [5, 5.41) is 8.91. The molecular formula is C16H16N2OS. The first-order valence-corrected chi connectivity index (χ1v) is 7.14. The highest BCUT2D eigenvalue weighted by molar-refractivity contribution is 7.12. The van der Waals surface area contributed by atoms with Gasteiger partial charge in [0.05, 0.1) is 18.2 Å². The summed E-state index contributed by atoms with van der Waals surface area (Å²) in [5.74, 6) is 0.108. The Hall–Kier alpha value is -2.12. The van der Waals surface area contributed by atoms with Crippen LogP contribution in [-0.2, 0) is 0 Å².